The maximum Gasteiger partial charge on any atom is 0.256 e. The smallest absolute Gasteiger partial charge is 0.256 e. The quantitative estimate of drug-likeness (QED) is 0.787. The summed E-state index contributed by atoms with van der Waals surface area (Å²) in [6.45, 7) is 0.571. The Balaban J connectivity index is 1.47. The van der Waals surface area contributed by atoms with E-state index in [1.54, 1.807) is 12.1 Å². The summed E-state index contributed by atoms with van der Waals surface area (Å²) in [4.78, 5) is 14.2. The van der Waals surface area contributed by atoms with Crippen LogP contribution in [0.25, 0.3) is 0 Å². The van der Waals surface area contributed by atoms with Crippen molar-refractivity contribution >= 4 is 15.9 Å². The molecule has 2 aliphatic rings. The van der Waals surface area contributed by atoms with Crippen molar-refractivity contribution in [2.24, 2.45) is 0 Å². The van der Waals surface area contributed by atoms with Gasteiger partial charge in [0.2, 0.25) is 10.0 Å². The van der Waals surface area contributed by atoms with Crippen LogP contribution in [0.15, 0.2) is 41.3 Å². The van der Waals surface area contributed by atoms with E-state index in [1.807, 2.05) is 6.07 Å². The lowest BCUT2D eigenvalue weighted by Gasteiger charge is -2.34. The lowest BCUT2D eigenvalue weighted by atomic mass is 10.1. The van der Waals surface area contributed by atoms with E-state index in [4.69, 9.17) is 0 Å². The fourth-order valence-corrected chi connectivity index (χ4v) is 5.30. The molecule has 0 aromatic heterocycles. The Hall–Kier alpha value is -2.32. The van der Waals surface area contributed by atoms with Crippen molar-refractivity contribution in [3.05, 3.63) is 64.7 Å². The highest BCUT2D eigenvalue weighted by Gasteiger charge is 2.31. The van der Waals surface area contributed by atoms with Crippen LogP contribution in [0.5, 0.6) is 0 Å². The normalized spacial score (nSPS) is 17.6. The summed E-state index contributed by atoms with van der Waals surface area (Å²) in [6.07, 6.45) is 2.92. The van der Waals surface area contributed by atoms with Crippen molar-refractivity contribution in [1.82, 2.24) is 9.21 Å². The molecule has 1 saturated heterocycles. The lowest BCUT2D eigenvalue weighted by Crippen LogP contribution is -2.50. The number of rotatable bonds is 3. The van der Waals surface area contributed by atoms with Gasteiger partial charge in [-0.05, 0) is 54.7 Å². The van der Waals surface area contributed by atoms with E-state index >= 15 is 0 Å². The molecule has 148 valence electrons. The van der Waals surface area contributed by atoms with E-state index in [-0.39, 0.29) is 36.6 Å². The monoisotopic (exact) mass is 406 g/mol. The zero-order valence-electron chi connectivity index (χ0n) is 15.2. The molecule has 1 heterocycles. The largest absolute Gasteiger partial charge is 0.336 e. The summed E-state index contributed by atoms with van der Waals surface area (Å²) in [7, 11) is -3.64. The zero-order valence-corrected chi connectivity index (χ0v) is 16.0. The molecule has 8 heteroatoms. The second kappa shape index (κ2) is 7.25. The molecule has 5 nitrogen and oxygen atoms in total. The van der Waals surface area contributed by atoms with E-state index in [0.717, 1.165) is 37.0 Å². The molecule has 0 unspecified atom stereocenters. The number of fused-ring (bicyclic) bond motifs is 1. The molecule has 4 rings (SSSR count). The number of aryl methyl sites for hydroxylation is 2. The van der Waals surface area contributed by atoms with Gasteiger partial charge in [0.1, 0.15) is 11.6 Å². The number of nitrogens with zero attached hydrogens (tertiary/aromatic N) is 2. The molecular formula is C20H20F2N2O3S. The van der Waals surface area contributed by atoms with Crippen LogP contribution in [0.1, 0.15) is 27.9 Å². The molecule has 0 atom stereocenters. The first-order valence-electron chi connectivity index (χ1n) is 9.22. The van der Waals surface area contributed by atoms with Crippen LogP contribution in [-0.4, -0.2) is 49.7 Å². The average molecular weight is 406 g/mol. The molecule has 0 radical (unpaired) electrons. The van der Waals surface area contributed by atoms with Crippen molar-refractivity contribution in [2.45, 2.75) is 24.2 Å². The van der Waals surface area contributed by atoms with Gasteiger partial charge < -0.3 is 4.90 Å². The molecule has 1 aliphatic carbocycles. The van der Waals surface area contributed by atoms with Gasteiger partial charge in [0.05, 0.1) is 10.5 Å². The Morgan fingerprint density at radius 2 is 1.61 bits per heavy atom. The Morgan fingerprint density at radius 1 is 0.893 bits per heavy atom. The van der Waals surface area contributed by atoms with Crippen LogP contribution in [0, 0.1) is 11.6 Å². The van der Waals surface area contributed by atoms with Gasteiger partial charge in [0.15, 0.2) is 0 Å². The zero-order chi connectivity index (χ0) is 19.9. The van der Waals surface area contributed by atoms with E-state index < -0.39 is 27.6 Å². The number of halogens is 2. The van der Waals surface area contributed by atoms with Gasteiger partial charge in [-0.25, -0.2) is 17.2 Å². The minimum atomic E-state index is -3.64. The van der Waals surface area contributed by atoms with Gasteiger partial charge in [-0.3, -0.25) is 4.79 Å². The molecule has 0 N–H and O–H groups in total. The molecule has 2 aromatic rings. The van der Waals surface area contributed by atoms with Crippen LogP contribution in [0.4, 0.5) is 8.78 Å². The number of carbonyl (C=O) groups is 1. The maximum absolute atomic E-state index is 13.9. The molecule has 2 aromatic carbocycles. The minimum Gasteiger partial charge on any atom is -0.336 e. The summed E-state index contributed by atoms with van der Waals surface area (Å²) in [5.74, 6) is -2.23. The number of benzene rings is 2. The lowest BCUT2D eigenvalue weighted by molar-refractivity contribution is 0.0693. The number of hydrogen-bond acceptors (Lipinski definition) is 3. The Morgan fingerprint density at radius 3 is 2.32 bits per heavy atom. The molecule has 0 saturated carbocycles. The van der Waals surface area contributed by atoms with Gasteiger partial charge in [0, 0.05) is 32.2 Å². The van der Waals surface area contributed by atoms with Crippen molar-refractivity contribution in [3.63, 3.8) is 0 Å². The number of sulfonamides is 1. The van der Waals surface area contributed by atoms with Crippen molar-refractivity contribution in [1.29, 1.82) is 0 Å². The average Bonchev–Trinajstić information content (AvgIpc) is 3.15. The Bertz CT molecular complexity index is 1030. The minimum absolute atomic E-state index is 0.133. The third-order valence-corrected chi connectivity index (χ3v) is 7.29. The highest BCUT2D eigenvalue weighted by atomic mass is 32.2. The van der Waals surface area contributed by atoms with Gasteiger partial charge in [-0.15, -0.1) is 0 Å². The van der Waals surface area contributed by atoms with E-state index in [1.165, 1.54) is 14.8 Å². The Labute approximate surface area is 162 Å². The summed E-state index contributed by atoms with van der Waals surface area (Å²) in [5.41, 5.74) is 2.08. The highest BCUT2D eigenvalue weighted by Crippen LogP contribution is 2.27. The molecule has 0 spiro atoms. The highest BCUT2D eigenvalue weighted by molar-refractivity contribution is 7.89. The molecule has 28 heavy (non-hydrogen) atoms. The van der Waals surface area contributed by atoms with E-state index in [9.17, 15) is 22.0 Å². The fourth-order valence-electron chi connectivity index (χ4n) is 3.82. The van der Waals surface area contributed by atoms with Crippen molar-refractivity contribution in [2.75, 3.05) is 26.2 Å². The maximum atomic E-state index is 13.9. The topological polar surface area (TPSA) is 57.7 Å². The van der Waals surface area contributed by atoms with Gasteiger partial charge in [0.25, 0.3) is 5.91 Å². The first kappa shape index (κ1) is 19.0. The van der Waals surface area contributed by atoms with Gasteiger partial charge in [-0.2, -0.15) is 4.31 Å². The van der Waals surface area contributed by atoms with Crippen LogP contribution in [0.3, 0.4) is 0 Å². The predicted octanol–water partition coefficient (Wildman–Crippen LogP) is 2.60. The van der Waals surface area contributed by atoms with Crippen molar-refractivity contribution < 1.29 is 22.0 Å². The number of amides is 1. The third-order valence-electron chi connectivity index (χ3n) is 5.40. The Kier molecular flexibility index (Phi) is 4.93. The molecule has 1 aliphatic heterocycles. The standard InChI is InChI=1S/C20H20F2N2O3S/c21-16-5-7-18(19(22)13-16)20(25)23-8-10-24(11-9-23)28(26,27)17-6-4-14-2-1-3-15(14)12-17/h4-7,12-13H,1-3,8-11H2. The van der Waals surface area contributed by atoms with E-state index in [0.29, 0.717) is 6.07 Å². The summed E-state index contributed by atoms with van der Waals surface area (Å²) < 4.78 is 54.1. The van der Waals surface area contributed by atoms with Crippen LogP contribution in [0.2, 0.25) is 0 Å². The molecule has 1 fully saturated rings. The summed E-state index contributed by atoms with van der Waals surface area (Å²) >= 11 is 0. The number of hydrogen-bond donors (Lipinski definition) is 0. The third kappa shape index (κ3) is 3.42. The van der Waals surface area contributed by atoms with Crippen molar-refractivity contribution in [3.8, 4) is 0 Å². The fraction of sp³-hybridized carbons (Fsp3) is 0.350. The second-order valence-corrected chi connectivity index (χ2v) is 9.04. The SMILES string of the molecule is O=C(c1ccc(F)cc1F)N1CCN(S(=O)(=O)c2ccc3c(c2)CCC3)CC1. The van der Waals surface area contributed by atoms with Gasteiger partial charge in [-0.1, -0.05) is 6.07 Å². The first-order valence-corrected chi connectivity index (χ1v) is 10.7. The van der Waals surface area contributed by atoms with Gasteiger partial charge >= 0.3 is 0 Å². The number of carbonyl (C=O) groups excluding carboxylic acids is 1. The molecular weight excluding hydrogens is 386 g/mol. The van der Waals surface area contributed by atoms with Crippen LogP contribution in [-0.2, 0) is 22.9 Å². The number of piperazine rings is 1. The summed E-state index contributed by atoms with van der Waals surface area (Å²) in [5, 5.41) is 0. The van der Waals surface area contributed by atoms with Crippen LogP contribution < -0.4 is 0 Å². The van der Waals surface area contributed by atoms with Crippen LogP contribution >= 0.6 is 0 Å². The first-order chi connectivity index (χ1) is 13.4. The molecule has 0 bridgehead atoms. The van der Waals surface area contributed by atoms with E-state index in [2.05, 4.69) is 0 Å². The molecule has 1 amide bonds. The summed E-state index contributed by atoms with van der Waals surface area (Å²) in [6, 6.07) is 8.09. The second-order valence-electron chi connectivity index (χ2n) is 7.10. The predicted molar refractivity (Wildman–Crippen MR) is 99.5 cm³/mol.